The van der Waals surface area contributed by atoms with Crippen LogP contribution in [0.5, 0.6) is 0 Å². The number of aliphatic hydroxyl groups is 1. The number of aryl methyl sites for hydroxylation is 2. The van der Waals surface area contributed by atoms with E-state index >= 15 is 0 Å². The average Bonchev–Trinajstić information content (AvgIpc) is 3.39. The Morgan fingerprint density at radius 1 is 1.17 bits per heavy atom. The van der Waals surface area contributed by atoms with E-state index in [-0.39, 0.29) is 11.4 Å². The van der Waals surface area contributed by atoms with E-state index in [9.17, 15) is 23.5 Å². The largest absolute Gasteiger partial charge is 0.477 e. The van der Waals surface area contributed by atoms with Crippen molar-refractivity contribution in [2.75, 3.05) is 6.54 Å². The molecule has 1 aliphatic heterocycles. The molecule has 1 aliphatic rings. The van der Waals surface area contributed by atoms with Crippen LogP contribution in [0.25, 0.3) is 0 Å². The molecule has 1 fully saturated rings. The van der Waals surface area contributed by atoms with Crippen molar-refractivity contribution in [3.63, 3.8) is 0 Å². The highest BCUT2D eigenvalue weighted by molar-refractivity contribution is 7.13. The van der Waals surface area contributed by atoms with Crippen LogP contribution in [-0.2, 0) is 17.6 Å². The highest BCUT2D eigenvalue weighted by Crippen LogP contribution is 2.34. The summed E-state index contributed by atoms with van der Waals surface area (Å²) in [5, 5.41) is 19.4. The first kappa shape index (κ1) is 26.8. The number of carboxylic acids is 1. The molecule has 8 heteroatoms. The topological polar surface area (TPSA) is 77.8 Å². The minimum Gasteiger partial charge on any atom is -0.477 e. The van der Waals surface area contributed by atoms with E-state index in [0.717, 1.165) is 40.4 Å². The number of aromatic carboxylic acids is 1. The zero-order chi connectivity index (χ0) is 25.4. The summed E-state index contributed by atoms with van der Waals surface area (Å²) in [6.45, 7) is 4.06. The molecule has 3 rings (SSSR count). The molecule has 1 amide bonds. The van der Waals surface area contributed by atoms with E-state index in [1.165, 1.54) is 23.8 Å². The predicted molar refractivity (Wildman–Crippen MR) is 133 cm³/mol. The van der Waals surface area contributed by atoms with Crippen molar-refractivity contribution in [2.24, 2.45) is 0 Å². The maximum absolute atomic E-state index is 14.1. The van der Waals surface area contributed by atoms with Crippen molar-refractivity contribution in [1.29, 1.82) is 0 Å². The molecule has 0 saturated carbocycles. The van der Waals surface area contributed by atoms with Gasteiger partial charge in [0.05, 0.1) is 12.1 Å². The van der Waals surface area contributed by atoms with E-state index in [4.69, 9.17) is 5.11 Å². The summed E-state index contributed by atoms with van der Waals surface area (Å²) < 4.78 is 28.3. The van der Waals surface area contributed by atoms with Crippen LogP contribution in [-0.4, -0.2) is 51.6 Å². The van der Waals surface area contributed by atoms with Gasteiger partial charge in [0.15, 0.2) is 0 Å². The van der Waals surface area contributed by atoms with E-state index in [1.807, 2.05) is 18.2 Å². The number of thiophene rings is 1. The van der Waals surface area contributed by atoms with Crippen LogP contribution in [0, 0.1) is 0 Å². The number of likely N-dealkylation sites (tertiary alicyclic amines) is 1. The molecule has 1 saturated heterocycles. The normalized spacial score (nSPS) is 18.3. The SMILES string of the molecule is C=C(CCCCc1ccccc1)[C@@H](O)/C=C/[C@H]1CC(F)(F)C(=O)N1CCCc1ccc(C(=O)O)s1. The predicted octanol–water partition coefficient (Wildman–Crippen LogP) is 5.50. The summed E-state index contributed by atoms with van der Waals surface area (Å²) in [4.78, 5) is 25.4. The number of hydrogen-bond acceptors (Lipinski definition) is 4. The van der Waals surface area contributed by atoms with Gasteiger partial charge in [0.1, 0.15) is 4.88 Å². The highest BCUT2D eigenvalue weighted by atomic mass is 32.1. The molecule has 1 aromatic carbocycles. The molecule has 2 aromatic rings. The second-order valence-corrected chi connectivity index (χ2v) is 10.00. The van der Waals surface area contributed by atoms with Gasteiger partial charge in [-0.25, -0.2) is 4.79 Å². The first-order chi connectivity index (χ1) is 16.7. The first-order valence-corrected chi connectivity index (χ1v) is 12.6. The Balaban J connectivity index is 1.48. The lowest BCUT2D eigenvalue weighted by molar-refractivity contribution is -0.148. The molecule has 0 unspecified atom stereocenters. The van der Waals surface area contributed by atoms with Crippen molar-refractivity contribution in [3.8, 4) is 0 Å². The Labute approximate surface area is 208 Å². The molecule has 0 bridgehead atoms. The Morgan fingerprint density at radius 2 is 1.91 bits per heavy atom. The summed E-state index contributed by atoms with van der Waals surface area (Å²) in [6.07, 6.45) is 5.65. The van der Waals surface area contributed by atoms with Crippen LogP contribution in [0.15, 0.2) is 66.8 Å². The lowest BCUT2D eigenvalue weighted by Gasteiger charge is -2.22. The Hall–Kier alpha value is -2.84. The van der Waals surface area contributed by atoms with Gasteiger partial charge in [0, 0.05) is 17.8 Å². The van der Waals surface area contributed by atoms with E-state index in [0.29, 0.717) is 24.8 Å². The number of hydrogen-bond donors (Lipinski definition) is 2. The molecule has 2 atom stereocenters. The number of rotatable bonds is 13. The minimum atomic E-state index is -3.44. The molecule has 2 N–H and O–H groups in total. The summed E-state index contributed by atoms with van der Waals surface area (Å²) in [5.74, 6) is -5.65. The Morgan fingerprint density at radius 3 is 2.60 bits per heavy atom. The maximum atomic E-state index is 14.1. The number of carboxylic acid groups (broad SMARTS) is 1. The van der Waals surface area contributed by atoms with E-state index in [1.54, 1.807) is 6.07 Å². The number of nitrogens with zero attached hydrogens (tertiary/aromatic N) is 1. The quantitative estimate of drug-likeness (QED) is 0.279. The van der Waals surface area contributed by atoms with Crippen LogP contribution in [0.3, 0.4) is 0 Å². The zero-order valence-corrected chi connectivity index (χ0v) is 20.4. The fraction of sp³-hybridized carbons (Fsp3) is 0.407. The molecule has 1 aromatic heterocycles. The van der Waals surface area contributed by atoms with Crippen LogP contribution >= 0.6 is 11.3 Å². The van der Waals surface area contributed by atoms with Gasteiger partial charge >= 0.3 is 11.9 Å². The lowest BCUT2D eigenvalue weighted by Crippen LogP contribution is -2.36. The van der Waals surface area contributed by atoms with Crippen molar-refractivity contribution in [2.45, 2.75) is 63.0 Å². The summed E-state index contributed by atoms with van der Waals surface area (Å²) in [5.41, 5.74) is 1.87. The van der Waals surface area contributed by atoms with Gasteiger partial charge in [-0.2, -0.15) is 8.78 Å². The number of unbranched alkanes of at least 4 members (excludes halogenated alkanes) is 1. The van der Waals surface area contributed by atoms with Gasteiger partial charge in [-0.05, 0) is 61.8 Å². The molecule has 2 heterocycles. The van der Waals surface area contributed by atoms with E-state index < -0.39 is 36.4 Å². The summed E-state index contributed by atoms with van der Waals surface area (Å²) >= 11 is 1.14. The van der Waals surface area contributed by atoms with Crippen LogP contribution < -0.4 is 0 Å². The number of benzene rings is 1. The monoisotopic (exact) mass is 503 g/mol. The van der Waals surface area contributed by atoms with Crippen molar-refractivity contribution in [3.05, 3.63) is 82.1 Å². The molecule has 0 spiro atoms. The second-order valence-electron chi connectivity index (χ2n) is 8.83. The molecule has 5 nitrogen and oxygen atoms in total. The van der Waals surface area contributed by atoms with Gasteiger partial charge in [0.2, 0.25) is 0 Å². The number of alkyl halides is 2. The van der Waals surface area contributed by atoms with E-state index in [2.05, 4.69) is 18.7 Å². The molecular weight excluding hydrogens is 472 g/mol. The van der Waals surface area contributed by atoms with Crippen LogP contribution in [0.2, 0.25) is 0 Å². The standard InChI is InChI=1S/C27H31F2NO4S/c1-19(8-5-6-11-20-9-3-2-4-10-20)23(31)15-13-21-18-27(28,29)26(34)30(21)17-7-12-22-14-16-24(35-22)25(32)33/h2-4,9-10,13-16,21,23,31H,1,5-8,11-12,17-18H2,(H,32,33)/b15-13+/t21-,23-/m0/s1. The third-order valence-corrected chi connectivity index (χ3v) is 7.26. The van der Waals surface area contributed by atoms with Gasteiger partial charge in [-0.1, -0.05) is 49.1 Å². The molecular formula is C27H31F2NO4S. The minimum absolute atomic E-state index is 0.125. The van der Waals surface area contributed by atoms with Crippen LogP contribution in [0.4, 0.5) is 8.78 Å². The van der Waals surface area contributed by atoms with Gasteiger partial charge in [0.25, 0.3) is 5.91 Å². The zero-order valence-electron chi connectivity index (χ0n) is 19.5. The Kier molecular flexibility index (Phi) is 9.34. The number of amides is 1. The fourth-order valence-corrected chi connectivity index (χ4v) is 5.04. The highest BCUT2D eigenvalue weighted by Gasteiger charge is 2.52. The Bertz CT molecular complexity index is 1050. The maximum Gasteiger partial charge on any atom is 0.345 e. The molecule has 0 aliphatic carbocycles. The average molecular weight is 504 g/mol. The van der Waals surface area contributed by atoms with Gasteiger partial charge < -0.3 is 15.1 Å². The number of carbonyl (C=O) groups is 2. The van der Waals surface area contributed by atoms with Crippen LogP contribution in [0.1, 0.15) is 52.2 Å². The third kappa shape index (κ3) is 7.57. The molecule has 35 heavy (non-hydrogen) atoms. The van der Waals surface area contributed by atoms with Crippen molar-refractivity contribution in [1.82, 2.24) is 4.90 Å². The van der Waals surface area contributed by atoms with Gasteiger partial charge in [-0.15, -0.1) is 11.3 Å². The number of carbonyl (C=O) groups excluding carboxylic acids is 1. The fourth-order valence-electron chi connectivity index (χ4n) is 4.15. The lowest BCUT2D eigenvalue weighted by atomic mass is 10.0. The first-order valence-electron chi connectivity index (χ1n) is 11.8. The third-order valence-electron chi connectivity index (χ3n) is 6.12. The van der Waals surface area contributed by atoms with Crippen molar-refractivity contribution < 1.29 is 28.6 Å². The summed E-state index contributed by atoms with van der Waals surface area (Å²) in [6, 6.07) is 12.5. The van der Waals surface area contributed by atoms with Crippen molar-refractivity contribution >= 4 is 23.2 Å². The molecule has 188 valence electrons. The number of halogens is 2. The summed E-state index contributed by atoms with van der Waals surface area (Å²) in [7, 11) is 0. The molecule has 0 radical (unpaired) electrons. The number of aliphatic hydroxyl groups excluding tert-OH is 1. The van der Waals surface area contributed by atoms with Gasteiger partial charge in [-0.3, -0.25) is 4.79 Å². The second kappa shape index (κ2) is 12.2. The smallest absolute Gasteiger partial charge is 0.345 e.